The fourth-order valence-corrected chi connectivity index (χ4v) is 4.28. The van der Waals surface area contributed by atoms with Crippen molar-refractivity contribution in [2.45, 2.75) is 6.18 Å². The Morgan fingerprint density at radius 3 is 2.50 bits per heavy atom. The lowest BCUT2D eigenvalue weighted by molar-refractivity contribution is -0.137. The van der Waals surface area contributed by atoms with Gasteiger partial charge in [0.25, 0.3) is 11.8 Å². The van der Waals surface area contributed by atoms with Crippen molar-refractivity contribution in [2.24, 2.45) is 0 Å². The summed E-state index contributed by atoms with van der Waals surface area (Å²) in [6.07, 6.45) is -3.19. The minimum Gasteiger partial charge on any atom is -0.497 e. The summed E-state index contributed by atoms with van der Waals surface area (Å²) in [5.74, 6) is -0.410. The second-order valence-electron chi connectivity index (χ2n) is 6.93. The third-order valence-electron chi connectivity index (χ3n) is 4.76. The van der Waals surface area contributed by atoms with E-state index in [0.29, 0.717) is 5.75 Å². The van der Waals surface area contributed by atoms with Crippen molar-refractivity contribution < 1.29 is 31.9 Å². The average molecular weight is 505 g/mol. The van der Waals surface area contributed by atoms with Crippen molar-refractivity contribution in [2.75, 3.05) is 7.11 Å². The molecule has 3 aromatic rings. The van der Waals surface area contributed by atoms with Crippen LogP contribution in [-0.2, 0) is 11.0 Å². The van der Waals surface area contributed by atoms with Gasteiger partial charge in [0.05, 0.1) is 17.6 Å². The summed E-state index contributed by atoms with van der Waals surface area (Å²) in [6.45, 7) is 0. The molecule has 0 spiro atoms. The van der Waals surface area contributed by atoms with E-state index < -0.39 is 23.6 Å². The van der Waals surface area contributed by atoms with E-state index in [4.69, 9.17) is 21.4 Å². The van der Waals surface area contributed by atoms with E-state index in [2.05, 4.69) is 5.43 Å². The maximum absolute atomic E-state index is 13.3. The van der Waals surface area contributed by atoms with Gasteiger partial charge in [-0.25, -0.2) is 0 Å². The summed E-state index contributed by atoms with van der Waals surface area (Å²) in [4.78, 5) is 25.4. The number of nitrogens with zero attached hydrogens (tertiary/aromatic N) is 1. The smallest absolute Gasteiger partial charge is 0.417 e. The van der Waals surface area contributed by atoms with E-state index in [0.717, 1.165) is 22.8 Å². The van der Waals surface area contributed by atoms with Gasteiger partial charge in [-0.2, -0.15) is 18.2 Å². The molecule has 0 saturated carbocycles. The SMILES string of the molecule is COc1ccc(C(=O)NN2C(=O)/C(=C\c3ccc(-c4ccccc4C(F)(F)F)o3)SC2=S)cc1. The van der Waals surface area contributed by atoms with Crippen molar-refractivity contribution in [3.8, 4) is 17.1 Å². The van der Waals surface area contributed by atoms with Crippen molar-refractivity contribution >= 4 is 46.2 Å². The van der Waals surface area contributed by atoms with Crippen LogP contribution >= 0.6 is 24.0 Å². The highest BCUT2D eigenvalue weighted by Gasteiger charge is 2.35. The zero-order valence-corrected chi connectivity index (χ0v) is 19.0. The number of thiocarbonyl (C=S) groups is 1. The van der Waals surface area contributed by atoms with Gasteiger partial charge < -0.3 is 9.15 Å². The van der Waals surface area contributed by atoms with Crippen LogP contribution in [0.5, 0.6) is 5.75 Å². The number of halogens is 3. The van der Waals surface area contributed by atoms with Crippen molar-refractivity contribution in [1.29, 1.82) is 0 Å². The Morgan fingerprint density at radius 1 is 1.12 bits per heavy atom. The molecule has 2 heterocycles. The number of alkyl halides is 3. The monoisotopic (exact) mass is 504 g/mol. The number of benzene rings is 2. The van der Waals surface area contributed by atoms with E-state index in [9.17, 15) is 22.8 Å². The molecule has 1 N–H and O–H groups in total. The predicted octanol–water partition coefficient (Wildman–Crippen LogP) is 5.52. The number of furan rings is 1. The Balaban J connectivity index is 1.52. The Kier molecular flexibility index (Phi) is 6.49. The van der Waals surface area contributed by atoms with Crippen LogP contribution in [0.15, 0.2) is 70.0 Å². The van der Waals surface area contributed by atoms with Crippen molar-refractivity contribution in [3.63, 3.8) is 0 Å². The standard InChI is InChI=1S/C23H15F3N2O4S2/c1-31-14-8-6-13(7-9-14)20(29)27-28-21(30)19(34-22(28)33)12-15-10-11-18(32-15)16-4-2-3-5-17(16)23(24,25)26/h2-12H,1H3,(H,27,29)/b19-12+. The van der Waals surface area contributed by atoms with Crippen LogP contribution in [0.3, 0.4) is 0 Å². The van der Waals surface area contributed by atoms with Gasteiger partial charge in [-0.1, -0.05) is 30.0 Å². The predicted molar refractivity (Wildman–Crippen MR) is 125 cm³/mol. The normalized spacial score (nSPS) is 15.2. The lowest BCUT2D eigenvalue weighted by Crippen LogP contribution is -2.44. The van der Waals surface area contributed by atoms with Crippen LogP contribution in [0.1, 0.15) is 21.7 Å². The van der Waals surface area contributed by atoms with Crippen LogP contribution in [0.2, 0.25) is 0 Å². The number of rotatable bonds is 5. The molecular weight excluding hydrogens is 489 g/mol. The van der Waals surface area contributed by atoms with Gasteiger partial charge >= 0.3 is 6.18 Å². The number of hydrogen-bond donors (Lipinski definition) is 1. The highest BCUT2D eigenvalue weighted by molar-refractivity contribution is 8.26. The van der Waals surface area contributed by atoms with E-state index in [1.165, 1.54) is 55.7 Å². The average Bonchev–Trinajstić information content (AvgIpc) is 3.38. The van der Waals surface area contributed by atoms with Gasteiger partial charge in [0.2, 0.25) is 0 Å². The maximum atomic E-state index is 13.3. The van der Waals surface area contributed by atoms with Gasteiger partial charge in [0, 0.05) is 17.2 Å². The van der Waals surface area contributed by atoms with Crippen LogP contribution in [0.25, 0.3) is 17.4 Å². The van der Waals surface area contributed by atoms with Gasteiger partial charge in [-0.05, 0) is 54.7 Å². The molecule has 1 fully saturated rings. The molecule has 4 rings (SSSR count). The van der Waals surface area contributed by atoms with Crippen LogP contribution in [-0.4, -0.2) is 28.3 Å². The highest BCUT2D eigenvalue weighted by Crippen LogP contribution is 2.38. The number of methoxy groups -OCH3 is 1. The molecule has 0 unspecified atom stereocenters. The number of nitrogens with one attached hydrogen (secondary N) is 1. The first-order valence-corrected chi connectivity index (χ1v) is 10.9. The third-order valence-corrected chi connectivity index (χ3v) is 6.06. The first-order chi connectivity index (χ1) is 16.2. The number of amides is 2. The number of carbonyl (C=O) groups excluding carboxylic acids is 2. The second-order valence-corrected chi connectivity index (χ2v) is 8.61. The number of hydrazine groups is 1. The van der Waals surface area contributed by atoms with Gasteiger partial charge in [0.15, 0.2) is 4.32 Å². The molecular formula is C23H15F3N2O4S2. The fourth-order valence-electron chi connectivity index (χ4n) is 3.12. The molecule has 1 aromatic heterocycles. The van der Waals surface area contributed by atoms with Gasteiger partial charge in [-0.15, -0.1) is 0 Å². The molecule has 0 atom stereocenters. The molecule has 0 radical (unpaired) electrons. The molecule has 1 aliphatic rings. The zero-order chi connectivity index (χ0) is 24.5. The molecule has 0 aliphatic carbocycles. The third kappa shape index (κ3) is 4.85. The van der Waals surface area contributed by atoms with Crippen molar-refractivity contribution in [1.82, 2.24) is 10.4 Å². The minimum atomic E-state index is -4.55. The summed E-state index contributed by atoms with van der Waals surface area (Å²) in [7, 11) is 1.50. The largest absolute Gasteiger partial charge is 0.497 e. The summed E-state index contributed by atoms with van der Waals surface area (Å²) >= 11 is 6.12. The number of hydrogen-bond acceptors (Lipinski definition) is 6. The molecule has 174 valence electrons. The lowest BCUT2D eigenvalue weighted by Gasteiger charge is -2.15. The molecule has 1 saturated heterocycles. The molecule has 2 aromatic carbocycles. The Bertz CT molecular complexity index is 1300. The Morgan fingerprint density at radius 2 is 1.82 bits per heavy atom. The molecule has 6 nitrogen and oxygen atoms in total. The lowest BCUT2D eigenvalue weighted by atomic mass is 10.1. The number of ether oxygens (including phenoxy) is 1. The summed E-state index contributed by atoms with van der Waals surface area (Å²) in [6, 6.07) is 14.2. The molecule has 11 heteroatoms. The van der Waals surface area contributed by atoms with E-state index in [1.807, 2.05) is 0 Å². The molecule has 34 heavy (non-hydrogen) atoms. The van der Waals surface area contributed by atoms with Crippen LogP contribution in [0.4, 0.5) is 13.2 Å². The molecule has 0 bridgehead atoms. The first-order valence-electron chi connectivity index (χ1n) is 9.67. The van der Waals surface area contributed by atoms with Gasteiger partial charge in [0.1, 0.15) is 17.3 Å². The summed E-state index contributed by atoms with van der Waals surface area (Å²) in [5, 5.41) is 0.932. The number of thioether (sulfide) groups is 1. The Hall–Kier alpha value is -3.57. The summed E-state index contributed by atoms with van der Waals surface area (Å²) in [5.41, 5.74) is 1.79. The van der Waals surface area contributed by atoms with E-state index in [1.54, 1.807) is 12.1 Å². The highest BCUT2D eigenvalue weighted by atomic mass is 32.2. The van der Waals surface area contributed by atoms with Crippen LogP contribution in [0, 0.1) is 0 Å². The van der Waals surface area contributed by atoms with Crippen LogP contribution < -0.4 is 10.2 Å². The zero-order valence-electron chi connectivity index (χ0n) is 17.4. The summed E-state index contributed by atoms with van der Waals surface area (Å²) < 4.78 is 50.6. The molecule has 1 aliphatic heterocycles. The van der Waals surface area contributed by atoms with Gasteiger partial charge in [-0.3, -0.25) is 15.0 Å². The molecule has 2 amide bonds. The van der Waals surface area contributed by atoms with E-state index in [-0.39, 0.29) is 31.9 Å². The van der Waals surface area contributed by atoms with Crippen molar-refractivity contribution in [3.05, 3.63) is 82.5 Å². The number of carbonyl (C=O) groups is 2. The topological polar surface area (TPSA) is 71.8 Å². The minimum absolute atomic E-state index is 0.00228. The fraction of sp³-hybridized carbons (Fsp3) is 0.0870. The maximum Gasteiger partial charge on any atom is 0.417 e. The van der Waals surface area contributed by atoms with E-state index >= 15 is 0 Å². The first kappa shape index (κ1) is 23.6. The second kappa shape index (κ2) is 9.35. The Labute approximate surface area is 201 Å². The quantitative estimate of drug-likeness (QED) is 0.365.